The van der Waals surface area contributed by atoms with Gasteiger partial charge in [0.2, 0.25) is 0 Å². The van der Waals surface area contributed by atoms with E-state index in [1.54, 1.807) is 6.07 Å². The number of hydrogen-bond donors (Lipinski definition) is 1. The number of rotatable bonds is 4. The van der Waals surface area contributed by atoms with E-state index in [0.717, 1.165) is 6.07 Å². The summed E-state index contributed by atoms with van der Waals surface area (Å²) in [4.78, 5) is 0. The fraction of sp³-hybridized carbons (Fsp3) is 0.417. The van der Waals surface area contributed by atoms with Crippen molar-refractivity contribution in [2.75, 3.05) is 0 Å². The predicted octanol–water partition coefficient (Wildman–Crippen LogP) is 3.13. The molecule has 0 radical (unpaired) electrons. The molecular formula is C12H12F4N2. The van der Waals surface area contributed by atoms with Crippen LogP contribution in [0.4, 0.5) is 17.6 Å². The Kier molecular flexibility index (Phi) is 4.68. The highest BCUT2D eigenvalue weighted by atomic mass is 19.4. The summed E-state index contributed by atoms with van der Waals surface area (Å²) in [7, 11) is 0. The van der Waals surface area contributed by atoms with Crippen molar-refractivity contribution in [2.24, 2.45) is 0 Å². The van der Waals surface area contributed by atoms with Crippen LogP contribution in [0.25, 0.3) is 0 Å². The minimum Gasteiger partial charge on any atom is -0.310 e. The first kappa shape index (κ1) is 14.5. The molecule has 0 saturated carbocycles. The Hall–Kier alpha value is -1.61. The molecule has 18 heavy (non-hydrogen) atoms. The molecule has 0 aliphatic carbocycles. The van der Waals surface area contributed by atoms with Crippen molar-refractivity contribution in [1.29, 1.82) is 5.26 Å². The largest absolute Gasteiger partial charge is 0.390 e. The second-order valence-electron chi connectivity index (χ2n) is 4.06. The lowest BCUT2D eigenvalue weighted by molar-refractivity contribution is -0.139. The molecule has 0 aliphatic heterocycles. The van der Waals surface area contributed by atoms with Crippen molar-refractivity contribution < 1.29 is 17.6 Å². The van der Waals surface area contributed by atoms with E-state index in [4.69, 9.17) is 5.26 Å². The van der Waals surface area contributed by atoms with Crippen molar-refractivity contribution in [3.8, 4) is 6.07 Å². The lowest BCUT2D eigenvalue weighted by atomic mass is 10.1. The van der Waals surface area contributed by atoms with E-state index in [2.05, 4.69) is 5.32 Å². The van der Waals surface area contributed by atoms with Crippen LogP contribution in [0, 0.1) is 17.1 Å². The van der Waals surface area contributed by atoms with Crippen LogP contribution in [0.2, 0.25) is 0 Å². The summed E-state index contributed by atoms with van der Waals surface area (Å²) in [5, 5.41) is 11.3. The van der Waals surface area contributed by atoms with Gasteiger partial charge in [0.15, 0.2) is 0 Å². The van der Waals surface area contributed by atoms with Crippen LogP contribution < -0.4 is 5.32 Å². The van der Waals surface area contributed by atoms with Crippen LogP contribution >= 0.6 is 0 Å². The van der Waals surface area contributed by atoms with Gasteiger partial charge in [-0.25, -0.2) is 4.39 Å². The Morgan fingerprint density at radius 3 is 2.56 bits per heavy atom. The Labute approximate surface area is 102 Å². The third-order valence-corrected chi connectivity index (χ3v) is 2.28. The van der Waals surface area contributed by atoms with Crippen molar-refractivity contribution >= 4 is 0 Å². The fourth-order valence-corrected chi connectivity index (χ4v) is 1.53. The molecule has 0 aromatic heterocycles. The summed E-state index contributed by atoms with van der Waals surface area (Å²) in [6.45, 7) is 1.49. The zero-order chi connectivity index (χ0) is 13.8. The van der Waals surface area contributed by atoms with Crippen LogP contribution in [0.5, 0.6) is 0 Å². The summed E-state index contributed by atoms with van der Waals surface area (Å²) in [6.07, 6.45) is -5.18. The van der Waals surface area contributed by atoms with Crippen molar-refractivity contribution in [3.63, 3.8) is 0 Å². The van der Waals surface area contributed by atoms with Gasteiger partial charge in [-0.2, -0.15) is 18.4 Å². The SMILES string of the molecule is CC(CC(F)(F)F)NCc1cc(F)cc(C#N)c1. The highest BCUT2D eigenvalue weighted by molar-refractivity contribution is 5.33. The first-order valence-electron chi connectivity index (χ1n) is 5.30. The zero-order valence-electron chi connectivity index (χ0n) is 9.68. The van der Waals surface area contributed by atoms with Gasteiger partial charge in [-0.15, -0.1) is 0 Å². The Balaban J connectivity index is 2.59. The molecule has 1 atom stereocenters. The number of alkyl halides is 3. The molecule has 0 spiro atoms. The third kappa shape index (κ3) is 5.15. The van der Waals surface area contributed by atoms with Gasteiger partial charge < -0.3 is 5.32 Å². The standard InChI is InChI=1S/C12H12F4N2/c1-8(5-12(14,15)16)18-7-10-2-9(6-17)3-11(13)4-10/h2-4,8,18H,5,7H2,1H3. The molecular weight excluding hydrogens is 248 g/mol. The van der Waals surface area contributed by atoms with E-state index >= 15 is 0 Å². The van der Waals surface area contributed by atoms with E-state index in [0.29, 0.717) is 5.56 Å². The van der Waals surface area contributed by atoms with Gasteiger partial charge in [0, 0.05) is 12.6 Å². The summed E-state index contributed by atoms with van der Waals surface area (Å²) >= 11 is 0. The van der Waals surface area contributed by atoms with Gasteiger partial charge in [-0.1, -0.05) is 0 Å². The number of nitrogens with one attached hydrogen (secondary N) is 1. The maximum atomic E-state index is 13.1. The number of nitriles is 1. The number of hydrogen-bond acceptors (Lipinski definition) is 2. The summed E-state index contributed by atoms with van der Waals surface area (Å²) in [6, 6.07) is 4.72. The average Bonchev–Trinajstić information content (AvgIpc) is 2.23. The normalized spacial score (nSPS) is 13.1. The van der Waals surface area contributed by atoms with Crippen molar-refractivity contribution in [2.45, 2.75) is 32.1 Å². The number of nitrogens with zero attached hydrogens (tertiary/aromatic N) is 1. The monoisotopic (exact) mass is 260 g/mol. The summed E-state index contributed by atoms with van der Waals surface area (Å²) in [5.74, 6) is -0.575. The van der Waals surface area contributed by atoms with Gasteiger partial charge >= 0.3 is 6.18 Å². The molecule has 0 saturated heterocycles. The second kappa shape index (κ2) is 5.83. The molecule has 2 nitrogen and oxygen atoms in total. The van der Waals surface area contributed by atoms with E-state index < -0.39 is 24.5 Å². The first-order valence-corrected chi connectivity index (χ1v) is 5.30. The van der Waals surface area contributed by atoms with Gasteiger partial charge in [-0.05, 0) is 30.7 Å². The Bertz CT molecular complexity index is 448. The van der Waals surface area contributed by atoms with E-state index in [1.165, 1.54) is 19.1 Å². The highest BCUT2D eigenvalue weighted by Gasteiger charge is 2.29. The van der Waals surface area contributed by atoms with Gasteiger partial charge in [-0.3, -0.25) is 0 Å². The van der Waals surface area contributed by atoms with Crippen LogP contribution in [-0.2, 0) is 6.54 Å². The Morgan fingerprint density at radius 1 is 1.33 bits per heavy atom. The van der Waals surface area contributed by atoms with Gasteiger partial charge in [0.25, 0.3) is 0 Å². The molecule has 1 rings (SSSR count). The smallest absolute Gasteiger partial charge is 0.310 e. The van der Waals surface area contributed by atoms with Crippen molar-refractivity contribution in [1.82, 2.24) is 5.32 Å². The van der Waals surface area contributed by atoms with E-state index in [9.17, 15) is 17.6 Å². The van der Waals surface area contributed by atoms with Crippen LogP contribution in [0.15, 0.2) is 18.2 Å². The van der Waals surface area contributed by atoms with Crippen LogP contribution in [0.1, 0.15) is 24.5 Å². The molecule has 1 aromatic carbocycles. The number of halogens is 4. The molecule has 98 valence electrons. The van der Waals surface area contributed by atoms with Crippen LogP contribution in [-0.4, -0.2) is 12.2 Å². The number of benzene rings is 1. The minimum atomic E-state index is -4.23. The molecule has 1 unspecified atom stereocenters. The van der Waals surface area contributed by atoms with E-state index in [1.807, 2.05) is 0 Å². The maximum Gasteiger partial charge on any atom is 0.390 e. The molecule has 1 aromatic rings. The quantitative estimate of drug-likeness (QED) is 0.844. The van der Waals surface area contributed by atoms with Crippen molar-refractivity contribution in [3.05, 3.63) is 35.1 Å². The predicted molar refractivity (Wildman–Crippen MR) is 58.1 cm³/mol. The molecule has 0 bridgehead atoms. The molecule has 6 heteroatoms. The topological polar surface area (TPSA) is 35.8 Å². The van der Waals surface area contributed by atoms with Crippen LogP contribution in [0.3, 0.4) is 0 Å². The first-order chi connectivity index (χ1) is 8.30. The lowest BCUT2D eigenvalue weighted by Gasteiger charge is -2.15. The molecule has 0 aliphatic rings. The minimum absolute atomic E-state index is 0.0870. The molecule has 0 heterocycles. The molecule has 1 N–H and O–H groups in total. The second-order valence-corrected chi connectivity index (χ2v) is 4.06. The highest BCUT2D eigenvalue weighted by Crippen LogP contribution is 2.21. The van der Waals surface area contributed by atoms with Gasteiger partial charge in [0.1, 0.15) is 5.82 Å². The summed E-state index contributed by atoms with van der Waals surface area (Å²) in [5.41, 5.74) is 0.593. The maximum absolute atomic E-state index is 13.1. The summed E-state index contributed by atoms with van der Waals surface area (Å²) < 4.78 is 49.3. The molecule has 0 amide bonds. The average molecular weight is 260 g/mol. The van der Waals surface area contributed by atoms with E-state index in [-0.39, 0.29) is 12.1 Å². The molecule has 0 fully saturated rings. The lowest BCUT2D eigenvalue weighted by Crippen LogP contribution is -2.30. The fourth-order valence-electron chi connectivity index (χ4n) is 1.53. The zero-order valence-corrected chi connectivity index (χ0v) is 9.68. The third-order valence-electron chi connectivity index (χ3n) is 2.28. The Morgan fingerprint density at radius 2 is 2.00 bits per heavy atom. The van der Waals surface area contributed by atoms with Gasteiger partial charge in [0.05, 0.1) is 18.1 Å².